The molecule has 0 aliphatic carbocycles. The largest absolute Gasteiger partial charge is 0.431 e. The smallest absolute Gasteiger partial charge is 0.394 e. The van der Waals surface area contributed by atoms with Crippen molar-refractivity contribution >= 4 is 21.6 Å². The standard InChI is InChI=1S/C6H8BrF3N2/c1-3(12-2)4(7)5(11)6(8,9)10/h11H2,1-2H3. The molecule has 0 aromatic heterocycles. The topological polar surface area (TPSA) is 38.4 Å². The fraction of sp³-hybridized carbons (Fsp3) is 0.500. The molecule has 2 N–H and O–H groups in total. The SMILES string of the molecule is CN=C(C)C(Br)=C(N)C(F)(F)F. The highest BCUT2D eigenvalue weighted by Gasteiger charge is 2.34. The number of nitrogens with zero attached hydrogens (tertiary/aromatic N) is 1. The fourth-order valence-electron chi connectivity index (χ4n) is 0.417. The van der Waals surface area contributed by atoms with E-state index in [-0.39, 0.29) is 10.2 Å². The molecule has 0 fully saturated rings. The van der Waals surface area contributed by atoms with Gasteiger partial charge in [-0.15, -0.1) is 0 Å². The minimum atomic E-state index is -4.51. The van der Waals surface area contributed by atoms with Crippen LogP contribution >= 0.6 is 15.9 Å². The van der Waals surface area contributed by atoms with E-state index >= 15 is 0 Å². The van der Waals surface area contributed by atoms with Crippen molar-refractivity contribution in [2.45, 2.75) is 13.1 Å². The van der Waals surface area contributed by atoms with Gasteiger partial charge in [-0.1, -0.05) is 0 Å². The molecule has 0 aromatic carbocycles. The van der Waals surface area contributed by atoms with Crippen molar-refractivity contribution in [3.05, 3.63) is 10.2 Å². The van der Waals surface area contributed by atoms with Gasteiger partial charge in [0.2, 0.25) is 0 Å². The van der Waals surface area contributed by atoms with E-state index in [1.54, 1.807) is 0 Å². The number of hydrogen-bond donors (Lipinski definition) is 1. The maximum Gasteiger partial charge on any atom is 0.431 e. The number of aliphatic imine (C=N–C) groups is 1. The monoisotopic (exact) mass is 244 g/mol. The summed E-state index contributed by atoms with van der Waals surface area (Å²) in [4.78, 5) is 3.55. The Hall–Kier alpha value is -0.520. The van der Waals surface area contributed by atoms with E-state index in [0.29, 0.717) is 0 Å². The van der Waals surface area contributed by atoms with Crippen LogP contribution in [0.3, 0.4) is 0 Å². The summed E-state index contributed by atoms with van der Waals surface area (Å²) in [7, 11) is 1.39. The molecule has 12 heavy (non-hydrogen) atoms. The molecule has 0 aliphatic heterocycles. The van der Waals surface area contributed by atoms with Gasteiger partial charge in [0.15, 0.2) is 0 Å². The molecule has 0 radical (unpaired) electrons. The maximum atomic E-state index is 11.9. The van der Waals surface area contributed by atoms with E-state index in [2.05, 4.69) is 20.9 Å². The highest BCUT2D eigenvalue weighted by Crippen LogP contribution is 2.27. The summed E-state index contributed by atoms with van der Waals surface area (Å²) >= 11 is 2.71. The zero-order valence-electron chi connectivity index (χ0n) is 6.54. The predicted octanol–water partition coefficient (Wildman–Crippen LogP) is 2.20. The average Bonchev–Trinajstić information content (AvgIpc) is 1.98. The lowest BCUT2D eigenvalue weighted by molar-refractivity contribution is -0.0926. The third-order valence-corrected chi connectivity index (χ3v) is 2.20. The van der Waals surface area contributed by atoms with Crippen molar-refractivity contribution < 1.29 is 13.2 Å². The van der Waals surface area contributed by atoms with Crippen LogP contribution in [-0.4, -0.2) is 18.9 Å². The maximum absolute atomic E-state index is 11.9. The van der Waals surface area contributed by atoms with Gasteiger partial charge in [-0.3, -0.25) is 4.99 Å². The molecule has 0 atom stereocenters. The van der Waals surface area contributed by atoms with Crippen LogP contribution in [0, 0.1) is 0 Å². The van der Waals surface area contributed by atoms with Crippen LogP contribution in [0.1, 0.15) is 6.92 Å². The third-order valence-electron chi connectivity index (χ3n) is 1.19. The molecule has 0 spiro atoms. The summed E-state index contributed by atoms with van der Waals surface area (Å²) in [5, 5.41) is 0. The van der Waals surface area contributed by atoms with Gasteiger partial charge in [0.1, 0.15) is 5.70 Å². The van der Waals surface area contributed by atoms with Crippen molar-refractivity contribution in [2.75, 3.05) is 7.05 Å². The quantitative estimate of drug-likeness (QED) is 0.706. The van der Waals surface area contributed by atoms with Crippen LogP contribution in [0.2, 0.25) is 0 Å². The average molecular weight is 245 g/mol. The van der Waals surface area contributed by atoms with Gasteiger partial charge in [-0.25, -0.2) is 0 Å². The zero-order valence-corrected chi connectivity index (χ0v) is 8.12. The van der Waals surface area contributed by atoms with E-state index in [1.807, 2.05) is 0 Å². The summed E-state index contributed by atoms with van der Waals surface area (Å²) in [6, 6.07) is 0. The summed E-state index contributed by atoms with van der Waals surface area (Å²) in [6.07, 6.45) is -4.51. The zero-order chi connectivity index (χ0) is 9.94. The van der Waals surface area contributed by atoms with Crippen molar-refractivity contribution in [3.63, 3.8) is 0 Å². The van der Waals surface area contributed by atoms with E-state index < -0.39 is 11.9 Å². The number of hydrogen-bond acceptors (Lipinski definition) is 2. The normalized spacial score (nSPS) is 16.0. The van der Waals surface area contributed by atoms with Gasteiger partial charge < -0.3 is 5.73 Å². The summed E-state index contributed by atoms with van der Waals surface area (Å²) < 4.78 is 35.6. The molecular weight excluding hydrogens is 237 g/mol. The first-order valence-electron chi connectivity index (χ1n) is 2.97. The number of alkyl halides is 3. The van der Waals surface area contributed by atoms with Crippen LogP contribution in [0.5, 0.6) is 0 Å². The number of rotatable bonds is 1. The van der Waals surface area contributed by atoms with E-state index in [0.717, 1.165) is 0 Å². The van der Waals surface area contributed by atoms with E-state index in [4.69, 9.17) is 5.73 Å². The van der Waals surface area contributed by atoms with Gasteiger partial charge in [0.25, 0.3) is 0 Å². The Morgan fingerprint density at radius 2 is 1.83 bits per heavy atom. The molecule has 0 unspecified atom stereocenters. The lowest BCUT2D eigenvalue weighted by Gasteiger charge is -2.08. The Morgan fingerprint density at radius 1 is 1.42 bits per heavy atom. The highest BCUT2D eigenvalue weighted by molar-refractivity contribution is 9.12. The lowest BCUT2D eigenvalue weighted by Crippen LogP contribution is -2.22. The van der Waals surface area contributed by atoms with Gasteiger partial charge in [-0.2, -0.15) is 13.2 Å². The van der Waals surface area contributed by atoms with Crippen LogP contribution in [0.25, 0.3) is 0 Å². The second kappa shape index (κ2) is 3.93. The molecule has 0 aliphatic rings. The Labute approximate surface area is 76.5 Å². The molecule has 0 saturated heterocycles. The first-order valence-corrected chi connectivity index (χ1v) is 3.76. The molecule has 0 aromatic rings. The van der Waals surface area contributed by atoms with Crippen LogP contribution in [0.15, 0.2) is 15.2 Å². The Kier molecular flexibility index (Phi) is 3.76. The highest BCUT2D eigenvalue weighted by atomic mass is 79.9. The fourth-order valence-corrected chi connectivity index (χ4v) is 0.820. The molecule has 0 saturated carbocycles. The van der Waals surface area contributed by atoms with Crippen molar-refractivity contribution in [2.24, 2.45) is 10.7 Å². The molecule has 0 rings (SSSR count). The first-order chi connectivity index (χ1) is 5.30. The Bertz CT molecular complexity index is 229. The van der Waals surface area contributed by atoms with E-state index in [9.17, 15) is 13.2 Å². The second-order valence-electron chi connectivity index (χ2n) is 2.03. The number of allylic oxidation sites excluding steroid dienone is 2. The van der Waals surface area contributed by atoms with Crippen molar-refractivity contribution in [1.82, 2.24) is 0 Å². The summed E-state index contributed by atoms with van der Waals surface area (Å²) in [5.41, 5.74) is 3.85. The summed E-state index contributed by atoms with van der Waals surface area (Å²) in [5.74, 6) is 0. The van der Waals surface area contributed by atoms with Gasteiger partial charge in [-0.05, 0) is 22.9 Å². The van der Waals surface area contributed by atoms with E-state index in [1.165, 1.54) is 14.0 Å². The Morgan fingerprint density at radius 3 is 2.08 bits per heavy atom. The molecule has 0 amide bonds. The molecule has 2 nitrogen and oxygen atoms in total. The van der Waals surface area contributed by atoms with Gasteiger partial charge in [0, 0.05) is 12.8 Å². The summed E-state index contributed by atoms with van der Waals surface area (Å²) in [6.45, 7) is 1.43. The molecule has 0 bridgehead atoms. The van der Waals surface area contributed by atoms with Crippen LogP contribution < -0.4 is 5.73 Å². The van der Waals surface area contributed by atoms with Crippen molar-refractivity contribution in [1.29, 1.82) is 0 Å². The minimum Gasteiger partial charge on any atom is -0.394 e. The number of nitrogens with two attached hydrogens (primary N) is 1. The number of halogens is 4. The van der Waals surface area contributed by atoms with Crippen molar-refractivity contribution in [3.8, 4) is 0 Å². The van der Waals surface area contributed by atoms with Crippen LogP contribution in [0.4, 0.5) is 13.2 Å². The Balaban J connectivity index is 4.96. The first kappa shape index (κ1) is 11.5. The van der Waals surface area contributed by atoms with Crippen LogP contribution in [-0.2, 0) is 0 Å². The molecule has 0 heterocycles. The third kappa shape index (κ3) is 2.84. The van der Waals surface area contributed by atoms with Gasteiger partial charge in [0.05, 0.1) is 4.48 Å². The molecule has 6 heteroatoms. The van der Waals surface area contributed by atoms with Gasteiger partial charge >= 0.3 is 6.18 Å². The predicted molar refractivity (Wildman–Crippen MR) is 45.2 cm³/mol. The minimum absolute atomic E-state index is 0.211. The lowest BCUT2D eigenvalue weighted by atomic mass is 10.3. The molecular formula is C6H8BrF3N2. The second-order valence-corrected chi connectivity index (χ2v) is 2.83. The molecule has 70 valence electrons.